The van der Waals surface area contributed by atoms with Crippen LogP contribution in [0, 0.1) is 11.8 Å². The van der Waals surface area contributed by atoms with E-state index in [1.807, 2.05) is 71.9 Å². The first-order valence-corrected chi connectivity index (χ1v) is 22.7. The molecule has 3 aromatic carbocycles. The Morgan fingerprint density at radius 3 is 2.21 bits per heavy atom. The molecule has 0 saturated heterocycles. The first kappa shape index (κ1) is 47.3. The molecule has 1 aliphatic heterocycles. The minimum Gasteiger partial charge on any atom is -0.488 e. The zero-order chi connectivity index (χ0) is 47.2. The first-order valence-electron chi connectivity index (χ1n) is 22.7. The zero-order valence-corrected chi connectivity index (χ0v) is 39.3. The van der Waals surface area contributed by atoms with E-state index >= 15 is 0 Å². The van der Waals surface area contributed by atoms with E-state index in [2.05, 4.69) is 50.9 Å². The molecule has 2 aromatic heterocycles. The van der Waals surface area contributed by atoms with Crippen LogP contribution >= 0.6 is 0 Å². The summed E-state index contributed by atoms with van der Waals surface area (Å²) in [4.78, 5) is 73.4. The van der Waals surface area contributed by atoms with Gasteiger partial charge >= 0.3 is 12.2 Å². The number of hydrogen-bond acceptors (Lipinski definition) is 10. The quantitative estimate of drug-likeness (QED) is 0.0709. The number of aryl methyl sites for hydroxylation is 2. The monoisotopic (exact) mass is 902 g/mol. The number of nitrogens with one attached hydrogen (secondary N) is 4. The molecule has 7 rings (SSSR count). The van der Waals surface area contributed by atoms with Crippen LogP contribution in [-0.4, -0.2) is 101 Å². The van der Waals surface area contributed by atoms with Crippen LogP contribution in [0.25, 0.3) is 33.6 Å². The van der Waals surface area contributed by atoms with Crippen LogP contribution in [0.4, 0.5) is 9.59 Å². The number of hydrogen-bond donors (Lipinski definition) is 4. The van der Waals surface area contributed by atoms with Gasteiger partial charge in [-0.3, -0.25) is 9.59 Å². The van der Waals surface area contributed by atoms with Gasteiger partial charge in [-0.25, -0.2) is 19.6 Å². The summed E-state index contributed by atoms with van der Waals surface area (Å²) < 4.78 is 21.6. The number of carbonyl (C=O) groups is 4. The molecule has 66 heavy (non-hydrogen) atoms. The van der Waals surface area contributed by atoms with E-state index in [-0.39, 0.29) is 29.7 Å². The minimum absolute atomic E-state index is 0.00909. The molecule has 0 unspecified atom stereocenters. The number of amides is 4. The van der Waals surface area contributed by atoms with Gasteiger partial charge in [0.25, 0.3) is 5.91 Å². The Hall–Kier alpha value is -6.68. The molecule has 0 spiro atoms. The molecule has 16 nitrogen and oxygen atoms in total. The lowest BCUT2D eigenvalue weighted by Gasteiger charge is -2.33. The maximum Gasteiger partial charge on any atom is 0.407 e. The Morgan fingerprint density at radius 1 is 0.788 bits per heavy atom. The normalized spacial score (nSPS) is 14.8. The number of imidazole rings is 2. The number of rotatable bonds is 17. The van der Waals surface area contributed by atoms with Crippen LogP contribution < -0.4 is 15.4 Å². The number of fused-ring (bicyclic) bond motifs is 6. The third-order valence-corrected chi connectivity index (χ3v) is 12.5. The molecule has 16 heteroatoms. The molecule has 4 N–H and O–H groups in total. The number of ether oxygens (including phenoxy) is 4. The van der Waals surface area contributed by atoms with Gasteiger partial charge in [0.1, 0.15) is 36.1 Å². The van der Waals surface area contributed by atoms with Crippen molar-refractivity contribution in [1.29, 1.82) is 0 Å². The molecule has 350 valence electrons. The van der Waals surface area contributed by atoms with Gasteiger partial charge in [0.15, 0.2) is 0 Å². The summed E-state index contributed by atoms with van der Waals surface area (Å²) in [5.74, 6) is 1.40. The number of nitrogens with zero attached hydrogens (tertiary/aromatic N) is 4. The summed E-state index contributed by atoms with van der Waals surface area (Å²) in [5.41, 5.74) is 9.48. The van der Waals surface area contributed by atoms with E-state index < -0.39 is 30.3 Å². The van der Waals surface area contributed by atoms with Crippen molar-refractivity contribution in [3.63, 3.8) is 0 Å². The van der Waals surface area contributed by atoms with Crippen molar-refractivity contribution < 1.29 is 38.1 Å². The van der Waals surface area contributed by atoms with Crippen molar-refractivity contribution in [1.82, 2.24) is 40.4 Å². The number of benzene rings is 3. The Morgan fingerprint density at radius 2 is 1.52 bits per heavy atom. The van der Waals surface area contributed by atoms with Crippen molar-refractivity contribution in [2.24, 2.45) is 11.8 Å². The molecule has 3 heterocycles. The van der Waals surface area contributed by atoms with Crippen molar-refractivity contribution in [3.8, 4) is 39.4 Å². The molecular weight excluding hydrogens is 841 g/mol. The van der Waals surface area contributed by atoms with Gasteiger partial charge in [-0.05, 0) is 91.0 Å². The highest BCUT2D eigenvalue weighted by molar-refractivity contribution is 5.88. The Labute approximate surface area is 386 Å². The molecule has 5 atom stereocenters. The molecule has 0 bridgehead atoms. The number of H-pyrrole nitrogens is 2. The third-order valence-electron chi connectivity index (χ3n) is 12.5. The molecule has 5 aromatic rings. The van der Waals surface area contributed by atoms with Crippen LogP contribution in [0.5, 0.6) is 5.75 Å². The number of carbonyl (C=O) groups excluding carboxylic acids is 4. The molecule has 1 aliphatic carbocycles. The first-order chi connectivity index (χ1) is 31.8. The molecule has 2 aliphatic rings. The summed E-state index contributed by atoms with van der Waals surface area (Å²) in [6.07, 6.45) is 2.69. The van der Waals surface area contributed by atoms with E-state index in [0.29, 0.717) is 43.5 Å². The number of aromatic nitrogens is 4. The molecule has 0 radical (unpaired) electrons. The average molecular weight is 903 g/mol. The van der Waals surface area contributed by atoms with E-state index in [0.717, 1.165) is 75.5 Å². The van der Waals surface area contributed by atoms with E-state index in [9.17, 15) is 19.2 Å². The van der Waals surface area contributed by atoms with Gasteiger partial charge in [-0.15, -0.1) is 0 Å². The lowest BCUT2D eigenvalue weighted by atomic mass is 9.86. The van der Waals surface area contributed by atoms with Gasteiger partial charge < -0.3 is 49.3 Å². The van der Waals surface area contributed by atoms with Gasteiger partial charge in [-0.2, -0.15) is 0 Å². The fraction of sp³-hybridized carbons (Fsp3) is 0.440. The van der Waals surface area contributed by atoms with Crippen molar-refractivity contribution in [3.05, 3.63) is 101 Å². The minimum atomic E-state index is -0.981. The highest BCUT2D eigenvalue weighted by atomic mass is 16.5. The summed E-state index contributed by atoms with van der Waals surface area (Å²) in [6, 6.07) is 17.2. The SMILES string of the molecule is CCCN(C(=O)[C@@H](NC(=O)OC)C(C)C)[C@@H](C)c1ncc(-c2ccc3c(c2)COc2cc4c(cc2-3)CCc2[nH]c([C@H](C)N(C[C@H](C)COC)C(=O)[C@H](NC(=O)OC)c3ccccc3)nc2-4)[nH]1. The Balaban J connectivity index is 1.13. The highest BCUT2D eigenvalue weighted by Gasteiger charge is 2.36. The van der Waals surface area contributed by atoms with E-state index in [1.54, 1.807) is 23.1 Å². The van der Waals surface area contributed by atoms with Gasteiger partial charge in [0.2, 0.25) is 5.91 Å². The van der Waals surface area contributed by atoms with Gasteiger partial charge in [0.05, 0.1) is 50.5 Å². The predicted molar refractivity (Wildman–Crippen MR) is 249 cm³/mol. The van der Waals surface area contributed by atoms with Gasteiger partial charge in [0, 0.05) is 37.0 Å². The summed E-state index contributed by atoms with van der Waals surface area (Å²) in [5, 5.41) is 5.46. The maximum atomic E-state index is 14.5. The van der Waals surface area contributed by atoms with E-state index in [4.69, 9.17) is 28.9 Å². The second-order valence-electron chi connectivity index (χ2n) is 17.6. The standard InChI is InChI=1S/C50H62N8O8/c1-10-20-57(47(59)42(28(2)3)55-49(61)64-8)30(5)45-51-24-40(53-45)34-16-18-36-35(21-34)27-66-41-23-37-33(22-38(36)41)17-19-39-44(37)54-46(52-39)31(6)58(25-29(4)26-63-7)48(60)43(56-50(62)65-9)32-14-12-11-13-15-32/h11-16,18,21-24,28-31,42-43H,10,17,19-20,25-27H2,1-9H3,(H,51,53)(H,52,54)(H,55,61)(H,56,62)/t29-,30-,31-,42-,43+/m0/s1. The Kier molecular flexibility index (Phi) is 14.8. The zero-order valence-electron chi connectivity index (χ0n) is 39.3. The topological polar surface area (TPSA) is 193 Å². The van der Waals surface area contributed by atoms with E-state index in [1.165, 1.54) is 14.2 Å². The second-order valence-corrected chi connectivity index (χ2v) is 17.6. The van der Waals surface area contributed by atoms with Crippen LogP contribution in [0.15, 0.2) is 66.9 Å². The lowest BCUT2D eigenvalue weighted by molar-refractivity contribution is -0.137. The highest BCUT2D eigenvalue weighted by Crippen LogP contribution is 2.45. The lowest BCUT2D eigenvalue weighted by Crippen LogP contribution is -2.52. The van der Waals surface area contributed by atoms with Crippen LogP contribution in [0.2, 0.25) is 0 Å². The van der Waals surface area contributed by atoms with Crippen LogP contribution in [-0.2, 0) is 43.2 Å². The summed E-state index contributed by atoms with van der Waals surface area (Å²) in [6.45, 7) is 13.4. The predicted octanol–water partition coefficient (Wildman–Crippen LogP) is 8.07. The Bertz CT molecular complexity index is 2540. The number of methoxy groups -OCH3 is 3. The third kappa shape index (κ3) is 9.93. The van der Waals surface area contributed by atoms with Gasteiger partial charge in [-0.1, -0.05) is 70.2 Å². The summed E-state index contributed by atoms with van der Waals surface area (Å²) >= 11 is 0. The number of alkyl carbamates (subject to hydrolysis) is 2. The molecule has 0 saturated carbocycles. The summed E-state index contributed by atoms with van der Waals surface area (Å²) in [7, 11) is 4.20. The molecule has 0 fully saturated rings. The van der Waals surface area contributed by atoms with Crippen LogP contribution in [0.1, 0.15) is 100 Å². The smallest absolute Gasteiger partial charge is 0.407 e. The van der Waals surface area contributed by atoms with Crippen molar-refractivity contribution in [2.45, 2.75) is 91.6 Å². The second kappa shape index (κ2) is 20.7. The molecule has 4 amide bonds. The fourth-order valence-corrected chi connectivity index (χ4v) is 8.96. The average Bonchev–Trinajstić information content (AvgIpc) is 4.01. The molecular formula is C50H62N8O8. The largest absolute Gasteiger partial charge is 0.488 e. The van der Waals surface area contributed by atoms with Crippen LogP contribution in [0.3, 0.4) is 0 Å². The number of aromatic amines is 2. The fourth-order valence-electron chi connectivity index (χ4n) is 8.96. The van der Waals surface area contributed by atoms with Crippen molar-refractivity contribution >= 4 is 24.0 Å². The maximum absolute atomic E-state index is 14.5. The van der Waals surface area contributed by atoms with Crippen molar-refractivity contribution in [2.75, 3.05) is 41.0 Å².